The zero-order valence-electron chi connectivity index (χ0n) is 15.7. The van der Waals surface area contributed by atoms with Crippen LogP contribution in [0.3, 0.4) is 0 Å². The van der Waals surface area contributed by atoms with Gasteiger partial charge in [-0.15, -0.1) is 24.0 Å². The number of guanidine groups is 1. The molecular weight excluding hydrogens is 471 g/mol. The highest BCUT2D eigenvalue weighted by atomic mass is 127. The van der Waals surface area contributed by atoms with E-state index in [1.54, 1.807) is 12.1 Å². The Morgan fingerprint density at radius 2 is 1.86 bits per heavy atom. The van der Waals surface area contributed by atoms with Gasteiger partial charge in [0.05, 0.1) is 13.1 Å². The van der Waals surface area contributed by atoms with Gasteiger partial charge in [-0.05, 0) is 36.8 Å². The molecule has 0 aliphatic carbocycles. The van der Waals surface area contributed by atoms with Crippen molar-refractivity contribution in [1.29, 1.82) is 0 Å². The van der Waals surface area contributed by atoms with Gasteiger partial charge in [0.25, 0.3) is 0 Å². The SMILES string of the molecule is CCNC(=NCc1ccc(C(N)=O)cc1)NCC1COc2ccccc2O1.I. The summed E-state index contributed by atoms with van der Waals surface area (Å²) in [5.41, 5.74) is 6.73. The number of carbonyl (C=O) groups is 1. The Hall–Kier alpha value is -2.49. The molecule has 4 N–H and O–H groups in total. The van der Waals surface area contributed by atoms with Crippen LogP contribution in [-0.2, 0) is 6.54 Å². The third-order valence-electron chi connectivity index (χ3n) is 4.07. The molecule has 0 aromatic heterocycles. The first kappa shape index (κ1) is 21.8. The molecule has 0 bridgehead atoms. The minimum Gasteiger partial charge on any atom is -0.486 e. The highest BCUT2D eigenvalue weighted by molar-refractivity contribution is 14.0. The molecule has 2 aromatic carbocycles. The van der Waals surface area contributed by atoms with Crippen LogP contribution in [0.25, 0.3) is 0 Å². The van der Waals surface area contributed by atoms with E-state index in [-0.39, 0.29) is 30.1 Å². The highest BCUT2D eigenvalue weighted by Crippen LogP contribution is 2.30. The summed E-state index contributed by atoms with van der Waals surface area (Å²) in [4.78, 5) is 15.7. The maximum atomic E-state index is 11.1. The Morgan fingerprint density at radius 3 is 2.54 bits per heavy atom. The van der Waals surface area contributed by atoms with Crippen LogP contribution in [0.15, 0.2) is 53.5 Å². The van der Waals surface area contributed by atoms with Crippen LogP contribution in [0.5, 0.6) is 11.5 Å². The highest BCUT2D eigenvalue weighted by Gasteiger charge is 2.20. The number of carbonyl (C=O) groups excluding carboxylic acids is 1. The summed E-state index contributed by atoms with van der Waals surface area (Å²) in [5.74, 6) is 1.79. The van der Waals surface area contributed by atoms with Crippen molar-refractivity contribution in [3.8, 4) is 11.5 Å². The Morgan fingerprint density at radius 1 is 1.14 bits per heavy atom. The van der Waals surface area contributed by atoms with Crippen molar-refractivity contribution >= 4 is 35.8 Å². The number of rotatable bonds is 6. The number of benzene rings is 2. The molecule has 0 radical (unpaired) electrons. The number of para-hydroxylation sites is 2. The van der Waals surface area contributed by atoms with Crippen molar-refractivity contribution in [3.63, 3.8) is 0 Å². The molecule has 1 aliphatic rings. The van der Waals surface area contributed by atoms with Crippen molar-refractivity contribution in [3.05, 3.63) is 59.7 Å². The lowest BCUT2D eigenvalue weighted by Crippen LogP contribution is -2.45. The van der Waals surface area contributed by atoms with E-state index in [0.717, 1.165) is 23.6 Å². The first-order valence-corrected chi connectivity index (χ1v) is 8.95. The van der Waals surface area contributed by atoms with Crippen molar-refractivity contribution in [2.45, 2.75) is 19.6 Å². The van der Waals surface area contributed by atoms with Crippen LogP contribution in [0, 0.1) is 0 Å². The lowest BCUT2D eigenvalue weighted by atomic mass is 10.1. The molecule has 1 aliphatic heterocycles. The van der Waals surface area contributed by atoms with E-state index in [1.165, 1.54) is 0 Å². The maximum Gasteiger partial charge on any atom is 0.248 e. The van der Waals surface area contributed by atoms with Crippen molar-refractivity contribution < 1.29 is 14.3 Å². The molecule has 150 valence electrons. The zero-order valence-corrected chi connectivity index (χ0v) is 18.0. The summed E-state index contributed by atoms with van der Waals surface area (Å²) in [5, 5.41) is 6.49. The number of nitrogens with one attached hydrogen (secondary N) is 2. The Bertz CT molecular complexity index is 811. The predicted molar refractivity (Wildman–Crippen MR) is 120 cm³/mol. The fourth-order valence-corrected chi connectivity index (χ4v) is 2.66. The van der Waals surface area contributed by atoms with Gasteiger partial charge in [0.15, 0.2) is 17.5 Å². The summed E-state index contributed by atoms with van der Waals surface area (Å²) in [7, 11) is 0. The molecule has 1 heterocycles. The van der Waals surface area contributed by atoms with E-state index >= 15 is 0 Å². The third-order valence-corrected chi connectivity index (χ3v) is 4.07. The summed E-state index contributed by atoms with van der Waals surface area (Å²) < 4.78 is 11.7. The quantitative estimate of drug-likeness (QED) is 0.324. The first-order chi connectivity index (χ1) is 13.2. The van der Waals surface area contributed by atoms with E-state index in [2.05, 4.69) is 15.6 Å². The second kappa shape index (κ2) is 10.7. The van der Waals surface area contributed by atoms with E-state index in [4.69, 9.17) is 15.2 Å². The van der Waals surface area contributed by atoms with Gasteiger partial charge in [0, 0.05) is 12.1 Å². The van der Waals surface area contributed by atoms with Gasteiger partial charge in [-0.3, -0.25) is 4.79 Å². The molecule has 3 rings (SSSR count). The van der Waals surface area contributed by atoms with Gasteiger partial charge >= 0.3 is 0 Å². The number of fused-ring (bicyclic) bond motifs is 1. The smallest absolute Gasteiger partial charge is 0.248 e. The van der Waals surface area contributed by atoms with Crippen molar-refractivity contribution in [2.24, 2.45) is 10.7 Å². The van der Waals surface area contributed by atoms with Crippen LogP contribution < -0.4 is 25.8 Å². The number of ether oxygens (including phenoxy) is 2. The second-order valence-corrected chi connectivity index (χ2v) is 6.13. The number of aliphatic imine (C=N–C) groups is 1. The third kappa shape index (κ3) is 6.01. The number of nitrogens with two attached hydrogens (primary N) is 1. The van der Waals surface area contributed by atoms with Crippen LogP contribution in [-0.4, -0.2) is 37.7 Å². The van der Waals surface area contributed by atoms with Gasteiger partial charge in [0.2, 0.25) is 5.91 Å². The number of halogens is 1. The van der Waals surface area contributed by atoms with Crippen LogP contribution in [0.4, 0.5) is 0 Å². The normalized spacial score (nSPS) is 15.3. The second-order valence-electron chi connectivity index (χ2n) is 6.13. The number of nitrogens with zero attached hydrogens (tertiary/aromatic N) is 1. The number of amides is 1. The average Bonchev–Trinajstić information content (AvgIpc) is 2.70. The average molecular weight is 496 g/mol. The monoisotopic (exact) mass is 496 g/mol. The molecule has 2 aromatic rings. The molecule has 1 amide bonds. The molecule has 0 fully saturated rings. The van der Waals surface area contributed by atoms with Crippen LogP contribution in [0.1, 0.15) is 22.8 Å². The Kier molecular flexibility index (Phi) is 8.37. The van der Waals surface area contributed by atoms with E-state index in [0.29, 0.717) is 31.2 Å². The standard InChI is InChI=1S/C20H24N4O3.HI/c1-2-22-20(23-11-14-7-9-15(10-8-14)19(21)25)24-12-16-13-26-17-5-3-4-6-18(17)27-16;/h3-10,16H,2,11-13H2,1H3,(H2,21,25)(H2,22,23,24);1H. The Balaban J connectivity index is 0.00000280. The molecule has 28 heavy (non-hydrogen) atoms. The molecule has 0 spiro atoms. The van der Waals surface area contributed by atoms with Crippen molar-refractivity contribution in [1.82, 2.24) is 10.6 Å². The minimum atomic E-state index is -0.434. The van der Waals surface area contributed by atoms with E-state index < -0.39 is 5.91 Å². The molecule has 0 saturated carbocycles. The first-order valence-electron chi connectivity index (χ1n) is 8.95. The fourth-order valence-electron chi connectivity index (χ4n) is 2.66. The van der Waals surface area contributed by atoms with Crippen LogP contribution in [0.2, 0.25) is 0 Å². The summed E-state index contributed by atoms with van der Waals surface area (Å²) >= 11 is 0. The minimum absolute atomic E-state index is 0. The largest absolute Gasteiger partial charge is 0.486 e. The topological polar surface area (TPSA) is 98.0 Å². The molecular formula is C20H25IN4O3. The van der Waals surface area contributed by atoms with Crippen LogP contribution >= 0.6 is 24.0 Å². The summed E-state index contributed by atoms with van der Waals surface area (Å²) in [6.07, 6.45) is -0.0985. The van der Waals surface area contributed by atoms with Gasteiger partial charge in [-0.1, -0.05) is 24.3 Å². The molecule has 7 nitrogen and oxygen atoms in total. The lowest BCUT2D eigenvalue weighted by Gasteiger charge is -2.27. The Labute approximate surface area is 181 Å². The molecule has 1 atom stereocenters. The zero-order chi connectivity index (χ0) is 19.1. The van der Waals surface area contributed by atoms with Gasteiger partial charge < -0.3 is 25.8 Å². The van der Waals surface area contributed by atoms with Crippen molar-refractivity contribution in [2.75, 3.05) is 19.7 Å². The van der Waals surface area contributed by atoms with Gasteiger partial charge in [-0.2, -0.15) is 0 Å². The summed E-state index contributed by atoms with van der Waals surface area (Å²) in [6.45, 7) is 4.30. The fraction of sp³-hybridized carbons (Fsp3) is 0.300. The van der Waals surface area contributed by atoms with Gasteiger partial charge in [-0.25, -0.2) is 4.99 Å². The molecule has 8 heteroatoms. The van der Waals surface area contributed by atoms with Gasteiger partial charge in [0.1, 0.15) is 12.7 Å². The molecule has 1 unspecified atom stereocenters. The maximum absolute atomic E-state index is 11.1. The molecule has 0 saturated heterocycles. The van der Waals surface area contributed by atoms with E-state index in [9.17, 15) is 4.79 Å². The number of primary amides is 1. The lowest BCUT2D eigenvalue weighted by molar-refractivity contribution is 0.0936. The van der Waals surface area contributed by atoms with E-state index in [1.807, 2.05) is 43.3 Å². The predicted octanol–water partition coefficient (Wildman–Crippen LogP) is 2.30. The number of hydrogen-bond acceptors (Lipinski definition) is 4. The number of hydrogen-bond donors (Lipinski definition) is 3. The summed E-state index contributed by atoms with van der Waals surface area (Å²) in [6, 6.07) is 14.8.